The van der Waals surface area contributed by atoms with Gasteiger partial charge in [0.15, 0.2) is 0 Å². The summed E-state index contributed by atoms with van der Waals surface area (Å²) < 4.78 is 10.5. The zero-order valence-corrected chi connectivity index (χ0v) is 11.0. The van der Waals surface area contributed by atoms with Crippen LogP contribution in [-0.2, 0) is 4.74 Å². The van der Waals surface area contributed by atoms with Gasteiger partial charge in [-0.15, -0.1) is 0 Å². The maximum Gasteiger partial charge on any atom is 0.119 e. The van der Waals surface area contributed by atoms with E-state index in [4.69, 9.17) is 9.47 Å². The van der Waals surface area contributed by atoms with Crippen LogP contribution in [0, 0.1) is 0 Å². The van der Waals surface area contributed by atoms with E-state index in [1.54, 1.807) is 7.11 Å². The minimum absolute atomic E-state index is 0.340. The van der Waals surface area contributed by atoms with E-state index in [0.29, 0.717) is 6.04 Å². The molecule has 0 amide bonds. The van der Waals surface area contributed by atoms with E-state index in [1.807, 2.05) is 19.1 Å². The normalized spacial score (nSPS) is 12.4. The summed E-state index contributed by atoms with van der Waals surface area (Å²) in [7, 11) is 1.69. The second-order valence-electron chi connectivity index (χ2n) is 4.00. The molecule has 0 aliphatic rings. The highest BCUT2D eigenvalue weighted by Crippen LogP contribution is 2.18. The monoisotopic (exact) mass is 237 g/mol. The van der Waals surface area contributed by atoms with E-state index in [-0.39, 0.29) is 0 Å². The molecule has 96 valence electrons. The molecule has 1 N–H and O–H groups in total. The van der Waals surface area contributed by atoms with Crippen LogP contribution in [0.25, 0.3) is 0 Å². The summed E-state index contributed by atoms with van der Waals surface area (Å²) in [4.78, 5) is 0. The number of hydrogen-bond donors (Lipinski definition) is 1. The predicted octanol–water partition coefficient (Wildman–Crippen LogP) is 2.77. The first-order valence-corrected chi connectivity index (χ1v) is 6.23. The summed E-state index contributed by atoms with van der Waals surface area (Å²) in [6.07, 6.45) is 1.04. The molecule has 0 bridgehead atoms. The van der Waals surface area contributed by atoms with Gasteiger partial charge in [0, 0.05) is 19.3 Å². The number of benzene rings is 1. The van der Waals surface area contributed by atoms with Crippen molar-refractivity contribution < 1.29 is 9.47 Å². The van der Waals surface area contributed by atoms with Gasteiger partial charge in [-0.25, -0.2) is 0 Å². The van der Waals surface area contributed by atoms with Crippen molar-refractivity contribution >= 4 is 0 Å². The fourth-order valence-electron chi connectivity index (χ4n) is 1.67. The highest BCUT2D eigenvalue weighted by Gasteiger charge is 2.04. The van der Waals surface area contributed by atoms with Gasteiger partial charge in [-0.05, 0) is 44.5 Å². The molecule has 0 saturated heterocycles. The lowest BCUT2D eigenvalue weighted by molar-refractivity contribution is 0.144. The highest BCUT2D eigenvalue weighted by molar-refractivity contribution is 5.30. The van der Waals surface area contributed by atoms with Crippen LogP contribution in [0.5, 0.6) is 5.75 Å². The molecule has 0 heterocycles. The molecule has 0 unspecified atom stereocenters. The van der Waals surface area contributed by atoms with Gasteiger partial charge in [-0.3, -0.25) is 0 Å². The van der Waals surface area contributed by atoms with Crippen molar-refractivity contribution in [2.45, 2.75) is 26.3 Å². The Morgan fingerprint density at radius 1 is 1.35 bits per heavy atom. The van der Waals surface area contributed by atoms with Crippen molar-refractivity contribution in [3.63, 3.8) is 0 Å². The van der Waals surface area contributed by atoms with Crippen molar-refractivity contribution in [1.29, 1.82) is 0 Å². The molecule has 1 aromatic carbocycles. The molecule has 1 atom stereocenters. The Kier molecular flexibility index (Phi) is 6.67. The standard InChI is InChI=1S/C14H23NO2/c1-4-17-10-6-9-15-12(2)13-7-5-8-14(11-13)16-3/h5,7-8,11-12,15H,4,6,9-10H2,1-3H3/t12-/m0/s1. The quantitative estimate of drug-likeness (QED) is 0.705. The van der Waals surface area contributed by atoms with Gasteiger partial charge in [0.1, 0.15) is 5.75 Å². The lowest BCUT2D eigenvalue weighted by Gasteiger charge is -2.15. The van der Waals surface area contributed by atoms with Gasteiger partial charge >= 0.3 is 0 Å². The number of nitrogens with one attached hydrogen (secondary N) is 1. The fourth-order valence-corrected chi connectivity index (χ4v) is 1.67. The van der Waals surface area contributed by atoms with Crippen LogP contribution in [0.1, 0.15) is 31.9 Å². The van der Waals surface area contributed by atoms with E-state index >= 15 is 0 Å². The topological polar surface area (TPSA) is 30.5 Å². The molecule has 0 radical (unpaired) electrons. The van der Waals surface area contributed by atoms with Crippen LogP contribution in [0.3, 0.4) is 0 Å². The summed E-state index contributed by atoms with van der Waals surface area (Å²) in [6, 6.07) is 8.51. The third kappa shape index (κ3) is 5.20. The summed E-state index contributed by atoms with van der Waals surface area (Å²) in [5, 5.41) is 3.47. The van der Waals surface area contributed by atoms with E-state index in [1.165, 1.54) is 5.56 Å². The van der Waals surface area contributed by atoms with Gasteiger partial charge < -0.3 is 14.8 Å². The summed E-state index contributed by atoms with van der Waals surface area (Å²) in [5.74, 6) is 0.908. The third-order valence-electron chi connectivity index (χ3n) is 2.71. The zero-order valence-electron chi connectivity index (χ0n) is 11.0. The number of hydrogen-bond acceptors (Lipinski definition) is 3. The largest absolute Gasteiger partial charge is 0.497 e. The van der Waals surface area contributed by atoms with Crippen molar-refractivity contribution in [3.8, 4) is 5.75 Å². The Balaban J connectivity index is 2.33. The van der Waals surface area contributed by atoms with E-state index < -0.39 is 0 Å². The Bertz CT molecular complexity index is 315. The molecule has 0 aromatic heterocycles. The fraction of sp³-hybridized carbons (Fsp3) is 0.571. The number of methoxy groups -OCH3 is 1. The minimum atomic E-state index is 0.340. The van der Waals surface area contributed by atoms with Crippen LogP contribution in [0.15, 0.2) is 24.3 Å². The van der Waals surface area contributed by atoms with Crippen molar-refractivity contribution in [3.05, 3.63) is 29.8 Å². The Morgan fingerprint density at radius 3 is 2.88 bits per heavy atom. The second-order valence-corrected chi connectivity index (χ2v) is 4.00. The number of rotatable bonds is 8. The van der Waals surface area contributed by atoms with Crippen LogP contribution in [0.2, 0.25) is 0 Å². The molecule has 17 heavy (non-hydrogen) atoms. The second kappa shape index (κ2) is 8.09. The highest BCUT2D eigenvalue weighted by atomic mass is 16.5. The molecular formula is C14H23NO2. The smallest absolute Gasteiger partial charge is 0.119 e. The third-order valence-corrected chi connectivity index (χ3v) is 2.71. The van der Waals surface area contributed by atoms with Gasteiger partial charge in [0.2, 0.25) is 0 Å². The Hall–Kier alpha value is -1.06. The van der Waals surface area contributed by atoms with E-state index in [9.17, 15) is 0 Å². The van der Waals surface area contributed by atoms with Crippen LogP contribution >= 0.6 is 0 Å². The molecule has 0 spiro atoms. The molecule has 3 heteroatoms. The maximum absolute atomic E-state index is 5.30. The summed E-state index contributed by atoms with van der Waals surface area (Å²) in [5.41, 5.74) is 1.25. The van der Waals surface area contributed by atoms with Gasteiger partial charge in [-0.1, -0.05) is 12.1 Å². The maximum atomic E-state index is 5.30. The average molecular weight is 237 g/mol. The Labute approximate surface area is 104 Å². The molecule has 1 aromatic rings. The van der Waals surface area contributed by atoms with E-state index in [2.05, 4.69) is 24.4 Å². The summed E-state index contributed by atoms with van der Waals surface area (Å²) in [6.45, 7) is 6.78. The SMILES string of the molecule is CCOCCCN[C@@H](C)c1cccc(OC)c1. The molecule has 3 nitrogen and oxygen atoms in total. The predicted molar refractivity (Wildman–Crippen MR) is 70.5 cm³/mol. The van der Waals surface area contributed by atoms with Crippen LogP contribution < -0.4 is 10.1 Å². The summed E-state index contributed by atoms with van der Waals surface area (Å²) >= 11 is 0. The van der Waals surface area contributed by atoms with Crippen LogP contribution in [-0.4, -0.2) is 26.9 Å². The van der Waals surface area contributed by atoms with Crippen molar-refractivity contribution in [2.24, 2.45) is 0 Å². The minimum Gasteiger partial charge on any atom is -0.497 e. The first-order valence-electron chi connectivity index (χ1n) is 6.23. The van der Waals surface area contributed by atoms with Crippen LogP contribution in [0.4, 0.5) is 0 Å². The molecule has 0 aliphatic heterocycles. The molecule has 0 fully saturated rings. The van der Waals surface area contributed by atoms with Crippen molar-refractivity contribution in [1.82, 2.24) is 5.32 Å². The first-order chi connectivity index (χ1) is 8.27. The van der Waals surface area contributed by atoms with Gasteiger partial charge in [-0.2, -0.15) is 0 Å². The molecule has 1 rings (SSSR count). The zero-order chi connectivity index (χ0) is 12.5. The lowest BCUT2D eigenvalue weighted by Crippen LogP contribution is -2.21. The first kappa shape index (κ1) is 14.0. The van der Waals surface area contributed by atoms with Gasteiger partial charge in [0.05, 0.1) is 7.11 Å². The molecule has 0 saturated carbocycles. The molecule has 0 aliphatic carbocycles. The van der Waals surface area contributed by atoms with Gasteiger partial charge in [0.25, 0.3) is 0 Å². The number of ether oxygens (including phenoxy) is 2. The van der Waals surface area contributed by atoms with Crippen molar-refractivity contribution in [2.75, 3.05) is 26.9 Å². The average Bonchev–Trinajstić information content (AvgIpc) is 2.38. The molecular weight excluding hydrogens is 214 g/mol. The van der Waals surface area contributed by atoms with E-state index in [0.717, 1.165) is 31.9 Å². The lowest BCUT2D eigenvalue weighted by atomic mass is 10.1. The Morgan fingerprint density at radius 2 is 2.18 bits per heavy atom.